The summed E-state index contributed by atoms with van der Waals surface area (Å²) in [6.07, 6.45) is -3.26. The molecular weight excluding hydrogens is 484 g/mol. The molecule has 1 N–H and O–H groups in total. The van der Waals surface area contributed by atoms with E-state index in [0.717, 1.165) is 4.68 Å². The molecule has 1 aromatic heterocycles. The minimum Gasteiger partial charge on any atom is -0.487 e. The van der Waals surface area contributed by atoms with E-state index < -0.39 is 30.7 Å². The molecule has 186 valence electrons. The van der Waals surface area contributed by atoms with Gasteiger partial charge < -0.3 is 9.47 Å². The smallest absolute Gasteiger partial charge is 0.417 e. The number of nitrogens with one attached hydrogen (secondary N) is 1. The second kappa shape index (κ2) is 10.3. The highest BCUT2D eigenvalue weighted by atomic mass is 19.3. The van der Waals surface area contributed by atoms with Crippen LogP contribution in [0.3, 0.4) is 0 Å². The molecule has 0 aliphatic heterocycles. The highest BCUT2D eigenvalue weighted by Crippen LogP contribution is 2.24. The topological polar surface area (TPSA) is 87.4 Å². The van der Waals surface area contributed by atoms with Crippen LogP contribution in [0.5, 0.6) is 11.5 Å². The summed E-state index contributed by atoms with van der Waals surface area (Å²) in [5, 5.41) is 6.63. The molecule has 0 saturated carbocycles. The monoisotopic (exact) mass is 502 g/mol. The van der Waals surface area contributed by atoms with Gasteiger partial charge in [0.15, 0.2) is 6.61 Å². The maximum absolute atomic E-state index is 13.0. The van der Waals surface area contributed by atoms with Crippen molar-refractivity contribution in [3.05, 3.63) is 95.7 Å². The van der Waals surface area contributed by atoms with E-state index in [4.69, 9.17) is 9.47 Å². The number of amides is 1. The van der Waals surface area contributed by atoms with Crippen molar-refractivity contribution in [3.8, 4) is 22.9 Å². The van der Waals surface area contributed by atoms with Crippen LogP contribution < -0.4 is 20.5 Å². The Morgan fingerprint density at radius 1 is 0.917 bits per heavy atom. The van der Waals surface area contributed by atoms with Crippen LogP contribution in [0.1, 0.15) is 0 Å². The van der Waals surface area contributed by atoms with E-state index in [1.165, 1.54) is 35.2 Å². The fraction of sp³-hybridized carbons (Fsp3) is 0.125. The third kappa shape index (κ3) is 5.71. The van der Waals surface area contributed by atoms with E-state index in [1.54, 1.807) is 54.6 Å². The summed E-state index contributed by atoms with van der Waals surface area (Å²) in [4.78, 5) is 24.8. The van der Waals surface area contributed by atoms with Crippen molar-refractivity contribution in [1.82, 2.24) is 14.3 Å². The molecule has 0 aliphatic rings. The van der Waals surface area contributed by atoms with Gasteiger partial charge in [0, 0.05) is 5.69 Å². The second-order valence-electron chi connectivity index (χ2n) is 7.41. The van der Waals surface area contributed by atoms with Gasteiger partial charge in [0.25, 0.3) is 0 Å². The molecular formula is C24H18F4N4O4. The van der Waals surface area contributed by atoms with E-state index >= 15 is 0 Å². The van der Waals surface area contributed by atoms with Gasteiger partial charge in [-0.2, -0.15) is 18.6 Å². The quantitative estimate of drug-likeness (QED) is 0.346. The van der Waals surface area contributed by atoms with E-state index in [1.807, 2.05) is 0 Å². The minimum absolute atomic E-state index is 0.0617. The standard InChI is InChI=1S/C24H18F4N4O4/c25-21(26)24(27,28)14-35-19-12-10-17(11-13-19)31-15-29-32(23(31)34)18-8-6-16(7-9-18)30-22(33)36-20-4-2-1-3-5-20/h1-13,15,21H,14H2,(H,30,33). The molecule has 4 aromatic rings. The lowest BCUT2D eigenvalue weighted by Crippen LogP contribution is -2.33. The molecule has 8 nitrogen and oxygen atoms in total. The normalized spacial score (nSPS) is 11.4. The van der Waals surface area contributed by atoms with Crippen molar-refractivity contribution in [2.45, 2.75) is 12.3 Å². The Bertz CT molecular complexity index is 1370. The molecule has 1 amide bonds. The first-order chi connectivity index (χ1) is 17.2. The average molecular weight is 502 g/mol. The Morgan fingerprint density at radius 3 is 2.19 bits per heavy atom. The molecule has 0 saturated heterocycles. The SMILES string of the molecule is O=C(Nc1ccc(-n2ncn(-c3ccc(OCC(F)(F)C(F)F)cc3)c2=O)cc1)Oc1ccccc1. The Labute approximate surface area is 201 Å². The third-order valence-electron chi connectivity index (χ3n) is 4.85. The third-order valence-corrected chi connectivity index (χ3v) is 4.85. The van der Waals surface area contributed by atoms with Crippen LogP contribution in [0.25, 0.3) is 11.4 Å². The van der Waals surface area contributed by atoms with Gasteiger partial charge in [0.2, 0.25) is 0 Å². The molecule has 3 aromatic carbocycles. The first kappa shape index (κ1) is 24.5. The summed E-state index contributed by atoms with van der Waals surface area (Å²) in [5.41, 5.74) is 0.661. The summed E-state index contributed by atoms with van der Waals surface area (Å²) in [5.74, 6) is -3.95. The van der Waals surface area contributed by atoms with Crippen molar-refractivity contribution in [3.63, 3.8) is 0 Å². The van der Waals surface area contributed by atoms with E-state index in [-0.39, 0.29) is 5.75 Å². The van der Waals surface area contributed by atoms with E-state index in [0.29, 0.717) is 22.8 Å². The number of aromatic nitrogens is 3. The lowest BCUT2D eigenvalue weighted by Gasteiger charge is -2.16. The summed E-state index contributed by atoms with van der Waals surface area (Å²) < 4.78 is 62.7. The van der Waals surface area contributed by atoms with Crippen LogP contribution in [0, 0.1) is 0 Å². The maximum atomic E-state index is 13.0. The highest BCUT2D eigenvalue weighted by Gasteiger charge is 2.41. The predicted octanol–water partition coefficient (Wildman–Crippen LogP) is 4.91. The predicted molar refractivity (Wildman–Crippen MR) is 122 cm³/mol. The van der Waals surface area contributed by atoms with Crippen LogP contribution in [0.15, 0.2) is 90.0 Å². The van der Waals surface area contributed by atoms with Crippen LogP contribution in [-0.2, 0) is 0 Å². The molecule has 36 heavy (non-hydrogen) atoms. The Hall–Kier alpha value is -4.61. The number of ether oxygens (including phenoxy) is 2. The molecule has 4 rings (SSSR count). The number of benzene rings is 3. The Kier molecular flexibility index (Phi) is 7.04. The van der Waals surface area contributed by atoms with Crippen molar-refractivity contribution in [2.75, 3.05) is 11.9 Å². The summed E-state index contributed by atoms with van der Waals surface area (Å²) in [6.45, 7) is -1.48. The number of halogens is 4. The van der Waals surface area contributed by atoms with Crippen molar-refractivity contribution in [2.24, 2.45) is 0 Å². The zero-order valence-corrected chi connectivity index (χ0v) is 18.4. The minimum atomic E-state index is -4.27. The number of carbonyl (C=O) groups excluding carboxylic acids is 1. The lowest BCUT2D eigenvalue weighted by molar-refractivity contribution is -0.148. The molecule has 1 heterocycles. The molecule has 0 fully saturated rings. The number of hydrogen-bond donors (Lipinski definition) is 1. The van der Waals surface area contributed by atoms with Crippen LogP contribution in [0.4, 0.5) is 28.0 Å². The number of anilines is 1. The first-order valence-electron chi connectivity index (χ1n) is 10.4. The fourth-order valence-corrected chi connectivity index (χ4v) is 3.03. The van der Waals surface area contributed by atoms with Gasteiger partial charge in [-0.3, -0.25) is 5.32 Å². The zero-order valence-electron chi connectivity index (χ0n) is 18.4. The summed E-state index contributed by atoms with van der Waals surface area (Å²) >= 11 is 0. The van der Waals surface area contributed by atoms with Crippen molar-refractivity contribution >= 4 is 11.8 Å². The first-order valence-corrected chi connectivity index (χ1v) is 10.4. The van der Waals surface area contributed by atoms with Gasteiger partial charge in [-0.1, -0.05) is 18.2 Å². The number of alkyl halides is 4. The lowest BCUT2D eigenvalue weighted by atomic mass is 10.3. The summed E-state index contributed by atoms with van der Waals surface area (Å²) in [7, 11) is 0. The number of hydrogen-bond acceptors (Lipinski definition) is 5. The number of rotatable bonds is 8. The van der Waals surface area contributed by atoms with Crippen molar-refractivity contribution in [1.29, 1.82) is 0 Å². The fourth-order valence-electron chi connectivity index (χ4n) is 3.03. The zero-order chi connectivity index (χ0) is 25.7. The van der Waals surface area contributed by atoms with Gasteiger partial charge >= 0.3 is 24.1 Å². The second-order valence-corrected chi connectivity index (χ2v) is 7.41. The van der Waals surface area contributed by atoms with Crippen LogP contribution in [0.2, 0.25) is 0 Å². The van der Waals surface area contributed by atoms with E-state index in [9.17, 15) is 27.2 Å². The Morgan fingerprint density at radius 2 is 1.56 bits per heavy atom. The van der Waals surface area contributed by atoms with Crippen LogP contribution in [-0.4, -0.2) is 39.4 Å². The average Bonchev–Trinajstić information content (AvgIpc) is 3.25. The van der Waals surface area contributed by atoms with Gasteiger partial charge in [0.1, 0.15) is 17.8 Å². The van der Waals surface area contributed by atoms with Crippen LogP contribution >= 0.6 is 0 Å². The molecule has 0 bridgehead atoms. The maximum Gasteiger partial charge on any atom is 0.417 e. The summed E-state index contributed by atoms with van der Waals surface area (Å²) in [6, 6.07) is 20.1. The van der Waals surface area contributed by atoms with E-state index in [2.05, 4.69) is 10.4 Å². The molecule has 0 unspecified atom stereocenters. The molecule has 0 aliphatic carbocycles. The van der Waals surface area contributed by atoms with Crippen molar-refractivity contribution < 1.29 is 31.8 Å². The largest absolute Gasteiger partial charge is 0.487 e. The Balaban J connectivity index is 1.41. The van der Waals surface area contributed by atoms with Gasteiger partial charge in [0.05, 0.1) is 11.4 Å². The molecule has 0 atom stereocenters. The van der Waals surface area contributed by atoms with Gasteiger partial charge in [-0.05, 0) is 60.7 Å². The highest BCUT2D eigenvalue weighted by molar-refractivity contribution is 5.86. The number of nitrogens with zero attached hydrogens (tertiary/aromatic N) is 3. The van der Waals surface area contributed by atoms with Gasteiger partial charge in [-0.25, -0.2) is 22.9 Å². The molecule has 0 radical (unpaired) electrons. The molecule has 12 heteroatoms. The molecule has 0 spiro atoms. The number of carbonyl (C=O) groups is 1. The number of para-hydroxylation sites is 1. The van der Waals surface area contributed by atoms with Gasteiger partial charge in [-0.15, -0.1) is 0 Å².